The Kier molecular flexibility index (Phi) is 4.14. The van der Waals surface area contributed by atoms with Crippen molar-refractivity contribution in [3.63, 3.8) is 0 Å². The molecule has 1 aliphatic rings. The van der Waals surface area contributed by atoms with Crippen molar-refractivity contribution in [2.75, 3.05) is 26.2 Å². The quantitative estimate of drug-likeness (QED) is 0.839. The van der Waals surface area contributed by atoms with E-state index < -0.39 is 0 Å². The first-order chi connectivity index (χ1) is 10.8. The van der Waals surface area contributed by atoms with Crippen molar-refractivity contribution in [1.82, 2.24) is 19.2 Å². The third-order valence-corrected chi connectivity index (χ3v) is 4.81. The van der Waals surface area contributed by atoms with Gasteiger partial charge in [0.15, 0.2) is 4.96 Å². The van der Waals surface area contributed by atoms with E-state index in [2.05, 4.69) is 4.98 Å². The van der Waals surface area contributed by atoms with Gasteiger partial charge in [0.2, 0.25) is 11.8 Å². The van der Waals surface area contributed by atoms with Gasteiger partial charge in [0.1, 0.15) is 0 Å². The van der Waals surface area contributed by atoms with Gasteiger partial charge in [-0.2, -0.15) is 0 Å². The number of thiazole rings is 1. The molecule has 2 aromatic heterocycles. The van der Waals surface area contributed by atoms with E-state index in [0.29, 0.717) is 32.6 Å². The molecule has 2 amide bonds. The lowest BCUT2D eigenvalue weighted by atomic mass is 9.94. The Hall–Kier alpha value is -1.89. The molecule has 0 atom stereocenters. The number of hydrogen-bond donors (Lipinski definition) is 0. The molecular weight excluding hydrogens is 312 g/mol. The van der Waals surface area contributed by atoms with E-state index in [4.69, 9.17) is 0 Å². The SMILES string of the molecule is CC(C)(C)C(=O)N1CCN(C(=O)Cc2cn3ccsc3n2)CC1. The Bertz CT molecular complexity index is 691. The first-order valence-corrected chi connectivity index (χ1v) is 8.71. The summed E-state index contributed by atoms with van der Waals surface area (Å²) in [7, 11) is 0. The van der Waals surface area contributed by atoms with E-state index in [1.165, 1.54) is 0 Å². The molecule has 3 heterocycles. The van der Waals surface area contributed by atoms with Crippen LogP contribution in [0.4, 0.5) is 0 Å². The van der Waals surface area contributed by atoms with E-state index in [1.807, 2.05) is 52.7 Å². The number of nitrogens with zero attached hydrogens (tertiary/aromatic N) is 4. The van der Waals surface area contributed by atoms with Gasteiger partial charge in [-0.25, -0.2) is 4.98 Å². The zero-order valence-corrected chi connectivity index (χ0v) is 14.6. The fourth-order valence-electron chi connectivity index (χ4n) is 2.76. The number of rotatable bonds is 2. The lowest BCUT2D eigenvalue weighted by molar-refractivity contribution is -0.144. The van der Waals surface area contributed by atoms with Crippen LogP contribution in [0.2, 0.25) is 0 Å². The average Bonchev–Trinajstić information content (AvgIpc) is 3.06. The predicted molar refractivity (Wildman–Crippen MR) is 89.4 cm³/mol. The number of piperazine rings is 1. The highest BCUT2D eigenvalue weighted by Gasteiger charge is 2.30. The second-order valence-electron chi connectivity index (χ2n) is 6.92. The van der Waals surface area contributed by atoms with Gasteiger partial charge in [-0.15, -0.1) is 11.3 Å². The number of imidazole rings is 1. The topological polar surface area (TPSA) is 57.9 Å². The zero-order chi connectivity index (χ0) is 16.6. The van der Waals surface area contributed by atoms with Crippen LogP contribution in [0.5, 0.6) is 0 Å². The van der Waals surface area contributed by atoms with E-state index in [-0.39, 0.29) is 17.2 Å². The Morgan fingerprint density at radius 1 is 1.17 bits per heavy atom. The molecule has 124 valence electrons. The largest absolute Gasteiger partial charge is 0.339 e. The van der Waals surface area contributed by atoms with Crippen LogP contribution < -0.4 is 0 Å². The van der Waals surface area contributed by atoms with Gasteiger partial charge in [-0.1, -0.05) is 20.8 Å². The monoisotopic (exact) mass is 334 g/mol. The second kappa shape index (κ2) is 5.96. The minimum absolute atomic E-state index is 0.0820. The lowest BCUT2D eigenvalue weighted by Gasteiger charge is -2.37. The highest BCUT2D eigenvalue weighted by molar-refractivity contribution is 7.15. The molecular formula is C16H22N4O2S. The number of amides is 2. The summed E-state index contributed by atoms with van der Waals surface area (Å²) < 4.78 is 1.94. The molecule has 2 aromatic rings. The number of carbonyl (C=O) groups is 2. The molecule has 0 N–H and O–H groups in total. The van der Waals surface area contributed by atoms with Crippen molar-refractivity contribution in [2.24, 2.45) is 5.41 Å². The Morgan fingerprint density at radius 3 is 2.43 bits per heavy atom. The first-order valence-electron chi connectivity index (χ1n) is 7.83. The summed E-state index contributed by atoms with van der Waals surface area (Å²) in [5.74, 6) is 0.234. The first kappa shape index (κ1) is 16.0. The molecule has 1 fully saturated rings. The van der Waals surface area contributed by atoms with Gasteiger partial charge in [0, 0.05) is 49.4 Å². The second-order valence-corrected chi connectivity index (χ2v) is 7.80. The highest BCUT2D eigenvalue weighted by atomic mass is 32.1. The van der Waals surface area contributed by atoms with Crippen molar-refractivity contribution in [1.29, 1.82) is 0 Å². The Balaban J connectivity index is 1.56. The maximum absolute atomic E-state index is 12.4. The van der Waals surface area contributed by atoms with Crippen molar-refractivity contribution < 1.29 is 9.59 Å². The molecule has 0 unspecified atom stereocenters. The summed E-state index contributed by atoms with van der Waals surface area (Å²) >= 11 is 1.56. The molecule has 0 aliphatic carbocycles. The van der Waals surface area contributed by atoms with Gasteiger partial charge < -0.3 is 9.80 Å². The normalized spacial score (nSPS) is 16.1. The third kappa shape index (κ3) is 3.39. The molecule has 0 saturated carbocycles. The van der Waals surface area contributed by atoms with Crippen molar-refractivity contribution in [3.05, 3.63) is 23.5 Å². The van der Waals surface area contributed by atoms with Crippen LogP contribution >= 0.6 is 11.3 Å². The summed E-state index contributed by atoms with van der Waals surface area (Å²) in [6.45, 7) is 8.21. The third-order valence-electron chi connectivity index (χ3n) is 4.04. The zero-order valence-electron chi connectivity index (χ0n) is 13.8. The fourth-order valence-corrected chi connectivity index (χ4v) is 3.48. The van der Waals surface area contributed by atoms with Gasteiger partial charge in [-0.05, 0) is 0 Å². The van der Waals surface area contributed by atoms with E-state index in [1.54, 1.807) is 11.3 Å². The molecule has 6 nitrogen and oxygen atoms in total. The average molecular weight is 334 g/mol. The maximum Gasteiger partial charge on any atom is 0.228 e. The van der Waals surface area contributed by atoms with Crippen LogP contribution in [-0.4, -0.2) is 57.2 Å². The summed E-state index contributed by atoms with van der Waals surface area (Å²) in [6.07, 6.45) is 4.17. The molecule has 0 radical (unpaired) electrons. The molecule has 0 spiro atoms. The van der Waals surface area contributed by atoms with Crippen LogP contribution in [0.15, 0.2) is 17.8 Å². The number of fused-ring (bicyclic) bond motifs is 1. The summed E-state index contributed by atoms with van der Waals surface area (Å²) in [5.41, 5.74) is 0.434. The Labute approximate surface area is 139 Å². The van der Waals surface area contributed by atoms with Crippen molar-refractivity contribution >= 4 is 28.1 Å². The van der Waals surface area contributed by atoms with Crippen molar-refractivity contribution in [2.45, 2.75) is 27.2 Å². The van der Waals surface area contributed by atoms with E-state index >= 15 is 0 Å². The Morgan fingerprint density at radius 2 is 1.83 bits per heavy atom. The number of hydrogen-bond acceptors (Lipinski definition) is 4. The van der Waals surface area contributed by atoms with Crippen LogP contribution in [-0.2, 0) is 16.0 Å². The number of carbonyl (C=O) groups excluding carboxylic acids is 2. The van der Waals surface area contributed by atoms with Gasteiger partial charge >= 0.3 is 0 Å². The minimum atomic E-state index is -0.367. The van der Waals surface area contributed by atoms with E-state index in [0.717, 1.165) is 10.7 Å². The van der Waals surface area contributed by atoms with Gasteiger partial charge in [0.05, 0.1) is 12.1 Å². The summed E-state index contributed by atoms with van der Waals surface area (Å²) in [6, 6.07) is 0. The fraction of sp³-hybridized carbons (Fsp3) is 0.562. The molecule has 1 aliphatic heterocycles. The minimum Gasteiger partial charge on any atom is -0.339 e. The van der Waals surface area contributed by atoms with Gasteiger partial charge in [0.25, 0.3) is 0 Å². The molecule has 3 rings (SSSR count). The smallest absolute Gasteiger partial charge is 0.228 e. The molecule has 7 heteroatoms. The summed E-state index contributed by atoms with van der Waals surface area (Å²) in [5, 5.41) is 1.97. The lowest BCUT2D eigenvalue weighted by Crippen LogP contribution is -2.53. The van der Waals surface area contributed by atoms with Crippen molar-refractivity contribution in [3.8, 4) is 0 Å². The maximum atomic E-state index is 12.4. The molecule has 23 heavy (non-hydrogen) atoms. The van der Waals surface area contributed by atoms with Crippen LogP contribution in [0.25, 0.3) is 4.96 Å². The standard InChI is InChI=1S/C16H22N4O2S/c1-16(2,3)14(22)19-6-4-18(5-7-19)13(21)10-12-11-20-8-9-23-15(20)17-12/h8-9,11H,4-7,10H2,1-3H3. The summed E-state index contributed by atoms with van der Waals surface area (Å²) in [4.78, 5) is 33.7. The molecule has 0 aromatic carbocycles. The van der Waals surface area contributed by atoms with Crippen LogP contribution in [0.3, 0.4) is 0 Å². The molecule has 0 bridgehead atoms. The van der Waals surface area contributed by atoms with Crippen LogP contribution in [0, 0.1) is 5.41 Å². The van der Waals surface area contributed by atoms with Gasteiger partial charge in [-0.3, -0.25) is 14.0 Å². The predicted octanol–water partition coefficient (Wildman–Crippen LogP) is 1.66. The van der Waals surface area contributed by atoms with Crippen LogP contribution in [0.1, 0.15) is 26.5 Å². The highest BCUT2D eigenvalue weighted by Crippen LogP contribution is 2.19. The number of aromatic nitrogens is 2. The van der Waals surface area contributed by atoms with E-state index in [9.17, 15) is 9.59 Å². The molecule has 1 saturated heterocycles.